The number of guanidine groups is 1. The summed E-state index contributed by atoms with van der Waals surface area (Å²) in [5.74, 6) is 0.646. The van der Waals surface area contributed by atoms with E-state index in [-0.39, 0.29) is 11.9 Å². The van der Waals surface area contributed by atoms with Crippen LogP contribution in [0, 0.1) is 0 Å². The first kappa shape index (κ1) is 16.8. The fourth-order valence-electron chi connectivity index (χ4n) is 4.29. The molecule has 28 heavy (non-hydrogen) atoms. The molecular formula is C21H22N6O. The highest BCUT2D eigenvalue weighted by molar-refractivity contribution is 6.12. The Balaban J connectivity index is 1.77. The molecule has 2 aliphatic rings. The van der Waals surface area contributed by atoms with E-state index < -0.39 is 5.66 Å². The Morgan fingerprint density at radius 2 is 1.89 bits per heavy atom. The van der Waals surface area contributed by atoms with E-state index >= 15 is 0 Å². The number of anilines is 2. The fraction of sp³-hybridized carbons (Fsp3) is 0.286. The number of hydrogen-bond acceptors (Lipinski definition) is 5. The van der Waals surface area contributed by atoms with E-state index in [4.69, 9.17) is 10.7 Å². The molecule has 5 rings (SSSR count). The average molecular weight is 374 g/mol. The van der Waals surface area contributed by atoms with E-state index in [0.29, 0.717) is 12.5 Å². The lowest BCUT2D eigenvalue weighted by Crippen LogP contribution is -2.49. The first-order chi connectivity index (χ1) is 13.7. The van der Waals surface area contributed by atoms with Gasteiger partial charge in [0.25, 0.3) is 5.91 Å². The molecule has 7 nitrogen and oxygen atoms in total. The summed E-state index contributed by atoms with van der Waals surface area (Å²) < 4.78 is 1.89. The Hall–Kier alpha value is -3.35. The van der Waals surface area contributed by atoms with Crippen LogP contribution < -0.4 is 16.0 Å². The number of nitrogens with two attached hydrogens (primary N) is 1. The van der Waals surface area contributed by atoms with Crippen molar-refractivity contribution in [1.82, 2.24) is 9.55 Å². The second kappa shape index (κ2) is 6.09. The van der Waals surface area contributed by atoms with Gasteiger partial charge in [0.05, 0.1) is 16.7 Å². The van der Waals surface area contributed by atoms with Crippen LogP contribution in [-0.2, 0) is 10.5 Å². The lowest BCUT2D eigenvalue weighted by atomic mass is 10.00. The summed E-state index contributed by atoms with van der Waals surface area (Å²) in [5, 5.41) is 3.03. The second-order valence-electron chi connectivity index (χ2n) is 7.23. The highest BCUT2D eigenvalue weighted by Gasteiger charge is 2.55. The number of amides is 1. The number of unbranched alkanes of at least 4 members (excludes halogenated alkanes) is 2. The Morgan fingerprint density at radius 3 is 2.75 bits per heavy atom. The van der Waals surface area contributed by atoms with Gasteiger partial charge in [-0.25, -0.2) is 9.98 Å². The minimum atomic E-state index is -1.26. The van der Waals surface area contributed by atoms with Gasteiger partial charge in [-0.05, 0) is 24.6 Å². The first-order valence-electron chi connectivity index (χ1n) is 9.68. The summed E-state index contributed by atoms with van der Waals surface area (Å²) in [7, 11) is 0. The van der Waals surface area contributed by atoms with Gasteiger partial charge < -0.3 is 10.6 Å². The van der Waals surface area contributed by atoms with Gasteiger partial charge in [-0.2, -0.15) is 0 Å². The molecule has 0 saturated carbocycles. The van der Waals surface area contributed by atoms with E-state index in [2.05, 4.69) is 17.2 Å². The zero-order chi connectivity index (χ0) is 19.3. The SMILES string of the molecule is CCCCCN1C(=O)C2(N=C(N)Nc3nc4ccccc4n32)c2ccccc21. The molecule has 3 aromatic rings. The summed E-state index contributed by atoms with van der Waals surface area (Å²) in [6.07, 6.45) is 3.12. The van der Waals surface area contributed by atoms with Crippen molar-refractivity contribution >= 4 is 34.5 Å². The third-order valence-electron chi connectivity index (χ3n) is 5.51. The van der Waals surface area contributed by atoms with Crippen molar-refractivity contribution < 1.29 is 4.79 Å². The van der Waals surface area contributed by atoms with Gasteiger partial charge in [-0.15, -0.1) is 0 Å². The predicted octanol–water partition coefficient (Wildman–Crippen LogP) is 3.01. The van der Waals surface area contributed by atoms with Gasteiger partial charge in [0.1, 0.15) is 0 Å². The van der Waals surface area contributed by atoms with Crippen molar-refractivity contribution in [3.05, 3.63) is 54.1 Å². The van der Waals surface area contributed by atoms with Gasteiger partial charge in [0.2, 0.25) is 11.6 Å². The number of imidazole rings is 1. The minimum Gasteiger partial charge on any atom is -0.370 e. The third kappa shape index (κ3) is 2.13. The van der Waals surface area contributed by atoms with Crippen molar-refractivity contribution in [2.24, 2.45) is 10.7 Å². The van der Waals surface area contributed by atoms with Crippen LogP contribution in [0.15, 0.2) is 53.5 Å². The molecule has 7 heteroatoms. The van der Waals surface area contributed by atoms with Crippen LogP contribution >= 0.6 is 0 Å². The topological polar surface area (TPSA) is 88.5 Å². The van der Waals surface area contributed by atoms with Gasteiger partial charge in [0, 0.05) is 12.1 Å². The summed E-state index contributed by atoms with van der Waals surface area (Å²) in [6.45, 7) is 2.82. The molecule has 1 atom stereocenters. The van der Waals surface area contributed by atoms with Crippen molar-refractivity contribution in [2.75, 3.05) is 16.8 Å². The molecule has 3 heterocycles. The molecule has 2 aliphatic heterocycles. The number of aliphatic imine (C=N–C) groups is 1. The van der Waals surface area contributed by atoms with E-state index in [9.17, 15) is 4.79 Å². The maximum Gasteiger partial charge on any atom is 0.281 e. The molecule has 0 fully saturated rings. The number of aromatic nitrogens is 2. The average Bonchev–Trinajstić information content (AvgIpc) is 3.18. The molecule has 0 saturated heterocycles. The third-order valence-corrected chi connectivity index (χ3v) is 5.51. The molecule has 1 aromatic heterocycles. The summed E-state index contributed by atoms with van der Waals surface area (Å²) in [4.78, 5) is 25.1. The van der Waals surface area contributed by atoms with Crippen molar-refractivity contribution in [3.8, 4) is 0 Å². The van der Waals surface area contributed by atoms with Gasteiger partial charge >= 0.3 is 0 Å². The van der Waals surface area contributed by atoms with Crippen LogP contribution in [-0.4, -0.2) is 28.0 Å². The smallest absolute Gasteiger partial charge is 0.281 e. The zero-order valence-electron chi connectivity index (χ0n) is 15.7. The van der Waals surface area contributed by atoms with Crippen LogP contribution in [0.25, 0.3) is 11.0 Å². The highest BCUT2D eigenvalue weighted by atomic mass is 16.2. The maximum absolute atomic E-state index is 13.9. The Labute approximate surface area is 162 Å². The lowest BCUT2D eigenvalue weighted by molar-refractivity contribution is -0.123. The van der Waals surface area contributed by atoms with Gasteiger partial charge in [-0.3, -0.25) is 14.7 Å². The summed E-state index contributed by atoms with van der Waals surface area (Å²) >= 11 is 0. The van der Waals surface area contributed by atoms with Crippen molar-refractivity contribution in [3.63, 3.8) is 0 Å². The molecule has 0 radical (unpaired) electrons. The Bertz CT molecular complexity index is 1120. The second-order valence-corrected chi connectivity index (χ2v) is 7.23. The number of carbonyl (C=O) groups excluding carboxylic acids is 1. The Kier molecular flexibility index (Phi) is 3.65. The van der Waals surface area contributed by atoms with E-state index in [0.717, 1.165) is 41.5 Å². The lowest BCUT2D eigenvalue weighted by Gasteiger charge is -2.32. The zero-order valence-corrected chi connectivity index (χ0v) is 15.7. The van der Waals surface area contributed by atoms with Crippen molar-refractivity contribution in [2.45, 2.75) is 31.8 Å². The number of nitrogens with one attached hydrogen (secondary N) is 1. The van der Waals surface area contributed by atoms with Crippen molar-refractivity contribution in [1.29, 1.82) is 0 Å². The molecule has 3 N–H and O–H groups in total. The van der Waals surface area contributed by atoms with Gasteiger partial charge in [0.15, 0.2) is 5.96 Å². The number of benzene rings is 2. The minimum absolute atomic E-state index is 0.0846. The van der Waals surface area contributed by atoms with Gasteiger partial charge in [-0.1, -0.05) is 50.1 Å². The standard InChI is InChI=1S/C21H22N6O/c1-2-3-8-13-26-16-11-6-4-9-14(16)21(18(26)28)25-19(22)24-20-23-15-10-5-7-12-17(15)27(20)21/h4-7,9-12H,2-3,8,13H2,1H3,(H3,22,23,24,25). The number of hydrogen-bond donors (Lipinski definition) is 2. The monoisotopic (exact) mass is 374 g/mol. The molecule has 142 valence electrons. The van der Waals surface area contributed by atoms with E-state index in [1.54, 1.807) is 0 Å². The number of fused-ring (bicyclic) bond motifs is 6. The predicted molar refractivity (Wildman–Crippen MR) is 110 cm³/mol. The summed E-state index contributed by atoms with van der Waals surface area (Å²) in [6, 6.07) is 15.6. The molecule has 1 amide bonds. The maximum atomic E-state index is 13.9. The molecular weight excluding hydrogens is 352 g/mol. The number of carbonyl (C=O) groups is 1. The largest absolute Gasteiger partial charge is 0.370 e. The fourth-order valence-corrected chi connectivity index (χ4v) is 4.29. The number of rotatable bonds is 4. The van der Waals surface area contributed by atoms with Crippen LogP contribution in [0.1, 0.15) is 31.7 Å². The first-order valence-corrected chi connectivity index (χ1v) is 9.68. The number of nitrogens with zero attached hydrogens (tertiary/aromatic N) is 4. The molecule has 0 bridgehead atoms. The number of para-hydroxylation sites is 3. The molecule has 2 aromatic carbocycles. The van der Waals surface area contributed by atoms with Crippen LogP contribution in [0.5, 0.6) is 0 Å². The van der Waals surface area contributed by atoms with Crippen LogP contribution in [0.2, 0.25) is 0 Å². The van der Waals surface area contributed by atoms with Crippen LogP contribution in [0.4, 0.5) is 11.6 Å². The highest BCUT2D eigenvalue weighted by Crippen LogP contribution is 2.48. The molecule has 0 aliphatic carbocycles. The van der Waals surface area contributed by atoms with E-state index in [1.165, 1.54) is 0 Å². The quantitative estimate of drug-likeness (QED) is 0.687. The Morgan fingerprint density at radius 1 is 1.11 bits per heavy atom. The normalized spacial score (nSPS) is 20.2. The van der Waals surface area contributed by atoms with Crippen LogP contribution in [0.3, 0.4) is 0 Å². The van der Waals surface area contributed by atoms with E-state index in [1.807, 2.05) is 58.0 Å². The molecule has 1 spiro atoms. The summed E-state index contributed by atoms with van der Waals surface area (Å²) in [5.41, 5.74) is 8.24. The molecule has 1 unspecified atom stereocenters.